The number of nitrogens with one attached hydrogen (secondary N) is 1. The molecule has 1 amide bonds. The van der Waals surface area contributed by atoms with E-state index in [-0.39, 0.29) is 24.3 Å². The highest BCUT2D eigenvalue weighted by Crippen LogP contribution is 2.33. The Hall–Kier alpha value is -2.86. The van der Waals surface area contributed by atoms with Gasteiger partial charge in [0.25, 0.3) is 0 Å². The zero-order valence-electron chi connectivity index (χ0n) is 16.3. The standard InChI is InChI=1S/C23H22ClFN2O3/c24-15-3-1-2-14(10-15)4-9-22(28)26-17-6-8-21-19(12-17)18-11-16(25)5-7-20(18)27(21)13-23(29)30/h1-3,5,7,10-11,17H,4,6,8-9,12-13H2,(H,26,28)(H,29,30)/t17-/m0/s1. The number of aryl methyl sites for hydroxylation is 1. The van der Waals surface area contributed by atoms with Crippen molar-refractivity contribution in [3.8, 4) is 0 Å². The van der Waals surface area contributed by atoms with E-state index in [1.807, 2.05) is 18.2 Å². The molecule has 0 unspecified atom stereocenters. The predicted molar refractivity (Wildman–Crippen MR) is 113 cm³/mol. The van der Waals surface area contributed by atoms with E-state index < -0.39 is 5.97 Å². The SMILES string of the molecule is O=C(O)Cn1c2c(c3cc(F)ccc31)C[C@@H](NC(=O)CCc1cccc(Cl)c1)CC2. The van der Waals surface area contributed by atoms with E-state index >= 15 is 0 Å². The number of aliphatic carboxylic acids is 1. The summed E-state index contributed by atoms with van der Waals surface area (Å²) in [4.78, 5) is 23.8. The van der Waals surface area contributed by atoms with Gasteiger partial charge in [-0.15, -0.1) is 0 Å². The number of amides is 1. The first-order chi connectivity index (χ1) is 14.4. The summed E-state index contributed by atoms with van der Waals surface area (Å²) >= 11 is 5.99. The minimum atomic E-state index is -0.935. The van der Waals surface area contributed by atoms with Crippen LogP contribution in [0.4, 0.5) is 4.39 Å². The smallest absolute Gasteiger partial charge is 0.323 e. The van der Waals surface area contributed by atoms with E-state index in [2.05, 4.69) is 5.32 Å². The lowest BCUT2D eigenvalue weighted by molar-refractivity contribution is -0.137. The molecular weight excluding hydrogens is 407 g/mol. The number of halogens is 2. The summed E-state index contributed by atoms with van der Waals surface area (Å²) in [5.41, 5.74) is 3.58. The summed E-state index contributed by atoms with van der Waals surface area (Å²) in [6.07, 6.45) is 2.88. The number of hydrogen-bond acceptors (Lipinski definition) is 2. The van der Waals surface area contributed by atoms with Gasteiger partial charge in [-0.25, -0.2) is 4.39 Å². The van der Waals surface area contributed by atoms with Crippen LogP contribution in [-0.4, -0.2) is 27.6 Å². The van der Waals surface area contributed by atoms with E-state index in [4.69, 9.17) is 11.6 Å². The summed E-state index contributed by atoms with van der Waals surface area (Å²) in [5.74, 6) is -1.33. The fourth-order valence-electron chi connectivity index (χ4n) is 4.31. The fourth-order valence-corrected chi connectivity index (χ4v) is 4.52. The van der Waals surface area contributed by atoms with Crippen LogP contribution in [0.1, 0.15) is 29.7 Å². The summed E-state index contributed by atoms with van der Waals surface area (Å²) in [6.45, 7) is -0.159. The van der Waals surface area contributed by atoms with Gasteiger partial charge in [-0.1, -0.05) is 23.7 Å². The van der Waals surface area contributed by atoms with Crippen LogP contribution in [-0.2, 0) is 35.4 Å². The van der Waals surface area contributed by atoms with Crippen molar-refractivity contribution in [1.29, 1.82) is 0 Å². The number of fused-ring (bicyclic) bond motifs is 3. The van der Waals surface area contributed by atoms with Crippen LogP contribution < -0.4 is 5.32 Å². The second-order valence-electron chi connectivity index (χ2n) is 7.70. The van der Waals surface area contributed by atoms with E-state index in [1.54, 1.807) is 16.7 Å². The summed E-state index contributed by atoms with van der Waals surface area (Å²) in [6, 6.07) is 11.8. The largest absolute Gasteiger partial charge is 0.480 e. The highest BCUT2D eigenvalue weighted by atomic mass is 35.5. The number of carbonyl (C=O) groups is 2. The third-order valence-corrected chi connectivity index (χ3v) is 5.85. The highest BCUT2D eigenvalue weighted by Gasteiger charge is 2.27. The van der Waals surface area contributed by atoms with Crippen molar-refractivity contribution >= 4 is 34.4 Å². The van der Waals surface area contributed by atoms with E-state index in [0.29, 0.717) is 37.1 Å². The molecule has 0 fully saturated rings. The molecule has 0 aliphatic heterocycles. The third-order valence-electron chi connectivity index (χ3n) is 5.62. The van der Waals surface area contributed by atoms with Gasteiger partial charge < -0.3 is 15.0 Å². The minimum Gasteiger partial charge on any atom is -0.480 e. The number of hydrogen-bond donors (Lipinski definition) is 2. The highest BCUT2D eigenvalue weighted by molar-refractivity contribution is 6.30. The molecule has 3 aromatic rings. The Kier molecular flexibility index (Phi) is 5.77. The molecular formula is C23H22ClFN2O3. The maximum Gasteiger partial charge on any atom is 0.323 e. The van der Waals surface area contributed by atoms with Gasteiger partial charge in [0, 0.05) is 34.1 Å². The Bertz CT molecular complexity index is 1130. The number of carbonyl (C=O) groups excluding carboxylic acids is 1. The van der Waals surface area contributed by atoms with Crippen LogP contribution >= 0.6 is 11.6 Å². The molecule has 0 bridgehead atoms. The van der Waals surface area contributed by atoms with E-state index in [0.717, 1.165) is 27.7 Å². The average molecular weight is 429 g/mol. The van der Waals surface area contributed by atoms with Crippen LogP contribution in [0, 0.1) is 5.82 Å². The van der Waals surface area contributed by atoms with Crippen molar-refractivity contribution in [3.63, 3.8) is 0 Å². The van der Waals surface area contributed by atoms with Crippen LogP contribution in [0.25, 0.3) is 10.9 Å². The van der Waals surface area contributed by atoms with Crippen molar-refractivity contribution in [2.24, 2.45) is 0 Å². The lowest BCUT2D eigenvalue weighted by Crippen LogP contribution is -2.39. The molecule has 4 rings (SSSR count). The summed E-state index contributed by atoms with van der Waals surface area (Å²) in [7, 11) is 0. The number of rotatable bonds is 6. The second kappa shape index (κ2) is 8.48. The fraction of sp³-hybridized carbons (Fsp3) is 0.304. The van der Waals surface area contributed by atoms with Gasteiger partial charge in [-0.05, 0) is 67.1 Å². The van der Waals surface area contributed by atoms with E-state index in [9.17, 15) is 19.1 Å². The molecule has 30 heavy (non-hydrogen) atoms. The predicted octanol–water partition coefficient (Wildman–Crippen LogP) is 4.12. The van der Waals surface area contributed by atoms with Gasteiger partial charge in [0.05, 0.1) is 0 Å². The molecule has 0 saturated carbocycles. The van der Waals surface area contributed by atoms with Crippen molar-refractivity contribution in [1.82, 2.24) is 9.88 Å². The van der Waals surface area contributed by atoms with Gasteiger partial charge in [0.15, 0.2) is 0 Å². The number of nitrogens with zero attached hydrogens (tertiary/aromatic N) is 1. The van der Waals surface area contributed by atoms with Gasteiger partial charge >= 0.3 is 5.97 Å². The number of carboxylic acid groups (broad SMARTS) is 1. The van der Waals surface area contributed by atoms with Crippen LogP contribution in [0.2, 0.25) is 5.02 Å². The Labute approximate surface area is 178 Å². The molecule has 7 heteroatoms. The first-order valence-corrected chi connectivity index (χ1v) is 10.3. The molecule has 1 aliphatic carbocycles. The molecule has 156 valence electrons. The quantitative estimate of drug-likeness (QED) is 0.620. The number of aromatic nitrogens is 1. The second-order valence-corrected chi connectivity index (χ2v) is 8.14. The maximum absolute atomic E-state index is 13.9. The topological polar surface area (TPSA) is 71.3 Å². The Morgan fingerprint density at radius 2 is 2.07 bits per heavy atom. The zero-order valence-corrected chi connectivity index (χ0v) is 17.1. The lowest BCUT2D eigenvalue weighted by Gasteiger charge is -2.25. The van der Waals surface area contributed by atoms with Gasteiger partial charge in [-0.2, -0.15) is 0 Å². The lowest BCUT2D eigenvalue weighted by atomic mass is 9.91. The number of carboxylic acids is 1. The normalized spacial score (nSPS) is 15.7. The minimum absolute atomic E-state index is 0.0381. The Balaban J connectivity index is 1.49. The third kappa shape index (κ3) is 4.33. The van der Waals surface area contributed by atoms with Crippen molar-refractivity contribution in [2.75, 3.05) is 0 Å². The van der Waals surface area contributed by atoms with Crippen molar-refractivity contribution < 1.29 is 19.1 Å². The van der Waals surface area contributed by atoms with E-state index in [1.165, 1.54) is 12.1 Å². The van der Waals surface area contributed by atoms with Crippen LogP contribution in [0.5, 0.6) is 0 Å². The Morgan fingerprint density at radius 3 is 2.83 bits per heavy atom. The molecule has 5 nitrogen and oxygen atoms in total. The Morgan fingerprint density at radius 1 is 1.23 bits per heavy atom. The van der Waals surface area contributed by atoms with Gasteiger partial charge in [-0.3, -0.25) is 9.59 Å². The average Bonchev–Trinajstić information content (AvgIpc) is 2.98. The molecule has 1 heterocycles. The molecule has 0 spiro atoms. The summed E-state index contributed by atoms with van der Waals surface area (Å²) < 4.78 is 15.6. The molecule has 2 N–H and O–H groups in total. The maximum atomic E-state index is 13.9. The van der Waals surface area contributed by atoms with Crippen LogP contribution in [0.3, 0.4) is 0 Å². The number of benzene rings is 2. The molecule has 0 radical (unpaired) electrons. The van der Waals surface area contributed by atoms with Crippen LogP contribution in [0.15, 0.2) is 42.5 Å². The monoisotopic (exact) mass is 428 g/mol. The van der Waals surface area contributed by atoms with Crippen molar-refractivity contribution in [3.05, 3.63) is 70.1 Å². The molecule has 2 aromatic carbocycles. The molecule has 1 atom stereocenters. The van der Waals surface area contributed by atoms with Gasteiger partial charge in [0.1, 0.15) is 12.4 Å². The molecule has 1 aromatic heterocycles. The van der Waals surface area contributed by atoms with Crippen molar-refractivity contribution in [2.45, 2.75) is 44.7 Å². The summed E-state index contributed by atoms with van der Waals surface area (Å²) in [5, 5.41) is 13.7. The zero-order chi connectivity index (χ0) is 21.3. The first-order valence-electron chi connectivity index (χ1n) is 9.96. The van der Waals surface area contributed by atoms with Gasteiger partial charge in [0.2, 0.25) is 5.91 Å². The molecule has 1 aliphatic rings. The molecule has 0 saturated heterocycles. The first kappa shape index (κ1) is 20.4.